The highest BCUT2D eigenvalue weighted by molar-refractivity contribution is 6.31. The maximum Gasteiger partial charge on any atom is 0.0495 e. The van der Waals surface area contributed by atoms with Gasteiger partial charge < -0.3 is 9.88 Å². The Morgan fingerprint density at radius 1 is 1.44 bits per heavy atom. The van der Waals surface area contributed by atoms with Crippen LogP contribution >= 0.6 is 11.6 Å². The molecule has 2 rings (SSSR count). The van der Waals surface area contributed by atoms with Crippen molar-refractivity contribution in [3.05, 3.63) is 35.0 Å². The molecule has 16 heavy (non-hydrogen) atoms. The first-order valence-corrected chi connectivity index (χ1v) is 5.90. The smallest absolute Gasteiger partial charge is 0.0495 e. The largest absolute Gasteiger partial charge is 0.350 e. The zero-order valence-corrected chi connectivity index (χ0v) is 10.7. The number of hydrogen-bond acceptors (Lipinski definition) is 1. The van der Waals surface area contributed by atoms with E-state index in [9.17, 15) is 0 Å². The van der Waals surface area contributed by atoms with Gasteiger partial charge in [0, 0.05) is 35.2 Å². The van der Waals surface area contributed by atoms with Crippen LogP contribution < -0.4 is 5.32 Å². The number of fused-ring (bicyclic) bond motifs is 1. The van der Waals surface area contributed by atoms with Crippen LogP contribution in [0.25, 0.3) is 10.9 Å². The summed E-state index contributed by atoms with van der Waals surface area (Å²) in [5, 5.41) is 5.36. The minimum Gasteiger partial charge on any atom is -0.350 e. The van der Waals surface area contributed by atoms with Crippen LogP contribution in [-0.4, -0.2) is 17.7 Å². The predicted octanol–water partition coefficient (Wildman–Crippen LogP) is 2.98. The topological polar surface area (TPSA) is 17.0 Å². The molecule has 0 fully saturated rings. The van der Waals surface area contributed by atoms with Gasteiger partial charge in [0.1, 0.15) is 0 Å². The molecule has 0 radical (unpaired) electrons. The van der Waals surface area contributed by atoms with Crippen molar-refractivity contribution in [1.29, 1.82) is 0 Å². The van der Waals surface area contributed by atoms with E-state index in [1.165, 1.54) is 16.5 Å². The molecule has 0 aliphatic rings. The summed E-state index contributed by atoms with van der Waals surface area (Å²) in [4.78, 5) is 0. The van der Waals surface area contributed by atoms with Crippen molar-refractivity contribution in [1.82, 2.24) is 9.88 Å². The van der Waals surface area contributed by atoms with Gasteiger partial charge in [-0.1, -0.05) is 17.7 Å². The Balaban J connectivity index is 2.47. The second-order valence-electron chi connectivity index (χ2n) is 4.32. The maximum absolute atomic E-state index is 6.01. The van der Waals surface area contributed by atoms with Gasteiger partial charge in [-0.2, -0.15) is 0 Å². The average Bonchev–Trinajstić information content (AvgIpc) is 2.55. The van der Waals surface area contributed by atoms with Gasteiger partial charge >= 0.3 is 0 Å². The number of hydrogen-bond donors (Lipinski definition) is 1. The molecule has 2 aromatic rings. The Hall–Kier alpha value is -0.990. The van der Waals surface area contributed by atoms with E-state index < -0.39 is 0 Å². The maximum atomic E-state index is 6.01. The van der Waals surface area contributed by atoms with E-state index in [-0.39, 0.29) is 0 Å². The van der Waals surface area contributed by atoms with Crippen LogP contribution in [0.1, 0.15) is 12.5 Å². The van der Waals surface area contributed by atoms with Crippen LogP contribution in [0.5, 0.6) is 0 Å². The summed E-state index contributed by atoms with van der Waals surface area (Å²) in [5.41, 5.74) is 2.57. The highest BCUT2D eigenvalue weighted by atomic mass is 35.5. The van der Waals surface area contributed by atoms with Gasteiger partial charge in [0.15, 0.2) is 0 Å². The molecule has 0 amide bonds. The van der Waals surface area contributed by atoms with E-state index >= 15 is 0 Å². The normalized spacial score (nSPS) is 13.2. The molecule has 0 saturated carbocycles. The van der Waals surface area contributed by atoms with Gasteiger partial charge in [-0.25, -0.2) is 0 Å². The standard InChI is InChI=1S/C13H17ClN2/c1-9(15-2)6-10-8-16(3)13-7-11(14)4-5-12(10)13/h4-5,7-9,15H,6H2,1-3H3. The first-order chi connectivity index (χ1) is 7.61. The van der Waals surface area contributed by atoms with Crippen molar-refractivity contribution in [3.8, 4) is 0 Å². The molecule has 1 aromatic heterocycles. The van der Waals surface area contributed by atoms with Crippen LogP contribution in [0.3, 0.4) is 0 Å². The summed E-state index contributed by atoms with van der Waals surface area (Å²) in [7, 11) is 4.05. The molecule has 1 aromatic carbocycles. The molecule has 1 atom stereocenters. The van der Waals surface area contributed by atoms with E-state index in [0.29, 0.717) is 6.04 Å². The number of aryl methyl sites for hydroxylation is 1. The third-order valence-electron chi connectivity index (χ3n) is 3.05. The van der Waals surface area contributed by atoms with E-state index in [0.717, 1.165) is 11.4 Å². The quantitative estimate of drug-likeness (QED) is 0.867. The summed E-state index contributed by atoms with van der Waals surface area (Å²) in [5.74, 6) is 0. The molecule has 0 spiro atoms. The lowest BCUT2D eigenvalue weighted by molar-refractivity contribution is 0.609. The number of halogens is 1. The first kappa shape index (κ1) is 11.5. The SMILES string of the molecule is CNC(C)Cc1cn(C)c2cc(Cl)ccc12. The third-order valence-corrected chi connectivity index (χ3v) is 3.29. The van der Waals surface area contributed by atoms with Gasteiger partial charge in [0.2, 0.25) is 0 Å². The van der Waals surface area contributed by atoms with Gasteiger partial charge in [0.25, 0.3) is 0 Å². The van der Waals surface area contributed by atoms with Crippen LogP contribution in [0.15, 0.2) is 24.4 Å². The summed E-state index contributed by atoms with van der Waals surface area (Å²) in [6.45, 7) is 2.19. The molecular weight excluding hydrogens is 220 g/mol. The molecule has 3 heteroatoms. The van der Waals surface area contributed by atoms with Crippen LogP contribution in [0.4, 0.5) is 0 Å². The molecular formula is C13H17ClN2. The lowest BCUT2D eigenvalue weighted by Gasteiger charge is -2.08. The van der Waals surface area contributed by atoms with Gasteiger partial charge in [0.05, 0.1) is 0 Å². The number of aromatic nitrogens is 1. The first-order valence-electron chi connectivity index (χ1n) is 5.52. The Labute approximate surface area is 101 Å². The Morgan fingerprint density at radius 2 is 2.19 bits per heavy atom. The van der Waals surface area contributed by atoms with Crippen molar-refractivity contribution in [2.24, 2.45) is 7.05 Å². The molecule has 86 valence electrons. The Bertz CT molecular complexity index is 502. The molecule has 0 aliphatic carbocycles. The van der Waals surface area contributed by atoms with Gasteiger partial charge in [-0.3, -0.25) is 0 Å². The van der Waals surface area contributed by atoms with Crippen molar-refractivity contribution in [2.45, 2.75) is 19.4 Å². The number of benzene rings is 1. The van der Waals surface area contributed by atoms with E-state index in [1.54, 1.807) is 0 Å². The van der Waals surface area contributed by atoms with Crippen LogP contribution in [0, 0.1) is 0 Å². The minimum atomic E-state index is 0.487. The highest BCUT2D eigenvalue weighted by Gasteiger charge is 2.09. The van der Waals surface area contributed by atoms with E-state index in [1.807, 2.05) is 19.2 Å². The molecule has 1 heterocycles. The number of nitrogens with zero attached hydrogens (tertiary/aromatic N) is 1. The summed E-state index contributed by atoms with van der Waals surface area (Å²) in [6, 6.07) is 6.57. The molecule has 0 saturated heterocycles. The second-order valence-corrected chi connectivity index (χ2v) is 4.76. The van der Waals surface area contributed by atoms with E-state index in [2.05, 4.69) is 36.1 Å². The summed E-state index contributed by atoms with van der Waals surface area (Å²) < 4.78 is 2.14. The van der Waals surface area contributed by atoms with E-state index in [4.69, 9.17) is 11.6 Å². The fourth-order valence-corrected chi connectivity index (χ4v) is 2.20. The van der Waals surface area contributed by atoms with Crippen molar-refractivity contribution >= 4 is 22.5 Å². The number of rotatable bonds is 3. The average molecular weight is 237 g/mol. The lowest BCUT2D eigenvalue weighted by Crippen LogP contribution is -2.23. The summed E-state index contributed by atoms with van der Waals surface area (Å²) in [6.07, 6.45) is 3.23. The number of nitrogens with one attached hydrogen (secondary N) is 1. The van der Waals surface area contributed by atoms with Crippen LogP contribution in [-0.2, 0) is 13.5 Å². The fourth-order valence-electron chi connectivity index (χ4n) is 2.04. The predicted molar refractivity (Wildman–Crippen MR) is 70.2 cm³/mol. The third kappa shape index (κ3) is 2.08. The fraction of sp³-hybridized carbons (Fsp3) is 0.385. The second kappa shape index (κ2) is 4.48. The van der Waals surface area contributed by atoms with Crippen molar-refractivity contribution < 1.29 is 0 Å². The van der Waals surface area contributed by atoms with Crippen molar-refractivity contribution in [3.63, 3.8) is 0 Å². The molecule has 0 bridgehead atoms. The molecule has 2 nitrogen and oxygen atoms in total. The molecule has 0 aliphatic heterocycles. The number of likely N-dealkylation sites (N-methyl/N-ethyl adjacent to an activating group) is 1. The zero-order valence-electron chi connectivity index (χ0n) is 9.92. The Kier molecular flexibility index (Phi) is 3.22. The minimum absolute atomic E-state index is 0.487. The molecule has 1 N–H and O–H groups in total. The van der Waals surface area contributed by atoms with Gasteiger partial charge in [-0.15, -0.1) is 0 Å². The Morgan fingerprint density at radius 3 is 2.88 bits per heavy atom. The van der Waals surface area contributed by atoms with Crippen LogP contribution in [0.2, 0.25) is 5.02 Å². The highest BCUT2D eigenvalue weighted by Crippen LogP contribution is 2.24. The summed E-state index contributed by atoms with van der Waals surface area (Å²) >= 11 is 6.01. The zero-order chi connectivity index (χ0) is 11.7. The van der Waals surface area contributed by atoms with Gasteiger partial charge in [-0.05, 0) is 38.1 Å². The molecule has 1 unspecified atom stereocenters. The monoisotopic (exact) mass is 236 g/mol. The lowest BCUT2D eigenvalue weighted by atomic mass is 10.1. The van der Waals surface area contributed by atoms with Crippen molar-refractivity contribution in [2.75, 3.05) is 7.05 Å².